The number of furan rings is 1. The molecule has 6 heteroatoms. The van der Waals surface area contributed by atoms with Gasteiger partial charge in [0, 0.05) is 17.1 Å². The van der Waals surface area contributed by atoms with Gasteiger partial charge in [0.05, 0.1) is 12.8 Å². The van der Waals surface area contributed by atoms with Gasteiger partial charge in [-0.15, -0.1) is 0 Å². The molecule has 0 fully saturated rings. The fourth-order valence-corrected chi connectivity index (χ4v) is 3.05. The molecule has 0 atom stereocenters. The summed E-state index contributed by atoms with van der Waals surface area (Å²) in [5, 5.41) is 8.79. The standard InChI is InChI=1S/C22H23N3O3/c1-14-10-15(2)21(16(3)11-14)25-20(26)13-23-17-6-4-7-18(12-17)24-22(27)19-8-5-9-28-19/h4-12,23H,13H2,1-3H3,(H,24,27)(H,25,26). The number of hydrogen-bond donors (Lipinski definition) is 3. The van der Waals surface area contributed by atoms with Crippen molar-refractivity contribution >= 4 is 28.9 Å². The van der Waals surface area contributed by atoms with Crippen LogP contribution in [0.3, 0.4) is 0 Å². The summed E-state index contributed by atoms with van der Waals surface area (Å²) in [6, 6.07) is 14.5. The van der Waals surface area contributed by atoms with Gasteiger partial charge < -0.3 is 20.4 Å². The van der Waals surface area contributed by atoms with Crippen LogP contribution in [-0.2, 0) is 4.79 Å². The number of benzene rings is 2. The maximum absolute atomic E-state index is 12.3. The van der Waals surface area contributed by atoms with E-state index in [1.54, 1.807) is 30.3 Å². The average Bonchev–Trinajstić information content (AvgIpc) is 3.18. The first-order valence-corrected chi connectivity index (χ1v) is 8.99. The van der Waals surface area contributed by atoms with Gasteiger partial charge in [-0.05, 0) is 62.2 Å². The molecule has 0 bridgehead atoms. The van der Waals surface area contributed by atoms with Crippen LogP contribution in [0.1, 0.15) is 27.2 Å². The molecule has 3 aromatic rings. The molecular weight excluding hydrogens is 354 g/mol. The van der Waals surface area contributed by atoms with Gasteiger partial charge in [0.15, 0.2) is 5.76 Å². The van der Waals surface area contributed by atoms with Crippen molar-refractivity contribution in [1.82, 2.24) is 0 Å². The number of hydrogen-bond acceptors (Lipinski definition) is 4. The monoisotopic (exact) mass is 377 g/mol. The van der Waals surface area contributed by atoms with Gasteiger partial charge in [0.2, 0.25) is 5.91 Å². The molecule has 0 radical (unpaired) electrons. The smallest absolute Gasteiger partial charge is 0.291 e. The van der Waals surface area contributed by atoms with Crippen molar-refractivity contribution in [3.05, 3.63) is 77.2 Å². The zero-order valence-corrected chi connectivity index (χ0v) is 16.1. The van der Waals surface area contributed by atoms with E-state index in [4.69, 9.17) is 4.42 Å². The highest BCUT2D eigenvalue weighted by atomic mass is 16.3. The molecular formula is C22H23N3O3. The van der Waals surface area contributed by atoms with Crippen molar-refractivity contribution in [1.29, 1.82) is 0 Å². The van der Waals surface area contributed by atoms with Gasteiger partial charge in [-0.2, -0.15) is 0 Å². The van der Waals surface area contributed by atoms with Crippen LogP contribution in [0.5, 0.6) is 0 Å². The summed E-state index contributed by atoms with van der Waals surface area (Å²) in [7, 11) is 0. The van der Waals surface area contributed by atoms with E-state index in [1.807, 2.05) is 39.0 Å². The first-order valence-electron chi connectivity index (χ1n) is 8.99. The molecule has 0 aliphatic carbocycles. The average molecular weight is 377 g/mol. The Morgan fingerprint density at radius 1 is 0.893 bits per heavy atom. The highest BCUT2D eigenvalue weighted by Crippen LogP contribution is 2.22. The van der Waals surface area contributed by atoms with Crippen LogP contribution < -0.4 is 16.0 Å². The lowest BCUT2D eigenvalue weighted by Gasteiger charge is -2.14. The Kier molecular flexibility index (Phi) is 5.79. The van der Waals surface area contributed by atoms with Crippen LogP contribution in [-0.4, -0.2) is 18.4 Å². The van der Waals surface area contributed by atoms with Gasteiger partial charge in [-0.3, -0.25) is 9.59 Å². The van der Waals surface area contributed by atoms with Crippen LogP contribution >= 0.6 is 0 Å². The van der Waals surface area contributed by atoms with Gasteiger partial charge in [0.25, 0.3) is 5.91 Å². The van der Waals surface area contributed by atoms with E-state index >= 15 is 0 Å². The first-order chi connectivity index (χ1) is 13.4. The SMILES string of the molecule is Cc1cc(C)c(NC(=O)CNc2cccc(NC(=O)c3ccco3)c2)c(C)c1. The number of rotatable bonds is 6. The fourth-order valence-electron chi connectivity index (χ4n) is 3.05. The molecule has 0 spiro atoms. The van der Waals surface area contributed by atoms with Crippen molar-refractivity contribution in [2.75, 3.05) is 22.5 Å². The number of carbonyl (C=O) groups is 2. The Bertz CT molecular complexity index is 971. The van der Waals surface area contributed by atoms with E-state index in [-0.39, 0.29) is 24.1 Å². The zero-order valence-electron chi connectivity index (χ0n) is 16.1. The topological polar surface area (TPSA) is 83.4 Å². The Morgan fingerprint density at radius 2 is 1.61 bits per heavy atom. The molecule has 6 nitrogen and oxygen atoms in total. The molecule has 144 valence electrons. The summed E-state index contributed by atoms with van der Waals surface area (Å²) in [5.41, 5.74) is 5.42. The summed E-state index contributed by atoms with van der Waals surface area (Å²) in [6.45, 7) is 6.11. The third-order valence-electron chi connectivity index (χ3n) is 4.26. The van der Waals surface area contributed by atoms with Crippen LogP contribution in [0.4, 0.5) is 17.1 Å². The molecule has 2 amide bonds. The summed E-state index contributed by atoms with van der Waals surface area (Å²) >= 11 is 0. The number of anilines is 3. The van der Waals surface area contributed by atoms with E-state index in [2.05, 4.69) is 16.0 Å². The van der Waals surface area contributed by atoms with Crippen LogP contribution in [0, 0.1) is 20.8 Å². The molecule has 1 heterocycles. The molecule has 0 unspecified atom stereocenters. The van der Waals surface area contributed by atoms with Crippen molar-refractivity contribution in [2.24, 2.45) is 0 Å². The third kappa shape index (κ3) is 4.79. The quantitative estimate of drug-likeness (QED) is 0.590. The second kappa shape index (κ2) is 8.43. The lowest BCUT2D eigenvalue weighted by atomic mass is 10.1. The summed E-state index contributed by atoms with van der Waals surface area (Å²) in [4.78, 5) is 24.4. The lowest BCUT2D eigenvalue weighted by molar-refractivity contribution is -0.114. The maximum Gasteiger partial charge on any atom is 0.291 e. The number of carbonyl (C=O) groups excluding carboxylic acids is 2. The predicted octanol–water partition coefficient (Wildman–Crippen LogP) is 4.51. The summed E-state index contributed by atoms with van der Waals surface area (Å²) < 4.78 is 5.08. The number of nitrogens with one attached hydrogen (secondary N) is 3. The minimum Gasteiger partial charge on any atom is -0.459 e. The van der Waals surface area contributed by atoms with Gasteiger partial charge in [-0.1, -0.05) is 23.8 Å². The van der Waals surface area contributed by atoms with E-state index in [0.717, 1.165) is 22.5 Å². The van der Waals surface area contributed by atoms with Gasteiger partial charge in [-0.25, -0.2) is 0 Å². The Balaban J connectivity index is 1.59. The predicted molar refractivity (Wildman–Crippen MR) is 111 cm³/mol. The van der Waals surface area contributed by atoms with Gasteiger partial charge >= 0.3 is 0 Å². The minimum atomic E-state index is -0.329. The maximum atomic E-state index is 12.3. The number of amides is 2. The van der Waals surface area contributed by atoms with Gasteiger partial charge in [0.1, 0.15) is 0 Å². The largest absolute Gasteiger partial charge is 0.459 e. The van der Waals surface area contributed by atoms with E-state index in [0.29, 0.717) is 5.69 Å². The van der Waals surface area contributed by atoms with Crippen molar-refractivity contribution in [3.63, 3.8) is 0 Å². The van der Waals surface area contributed by atoms with Crippen molar-refractivity contribution in [3.8, 4) is 0 Å². The molecule has 28 heavy (non-hydrogen) atoms. The Labute approximate surface area is 164 Å². The Hall–Kier alpha value is -3.54. The number of aryl methyl sites for hydroxylation is 3. The van der Waals surface area contributed by atoms with Crippen LogP contribution in [0.15, 0.2) is 59.2 Å². The highest BCUT2D eigenvalue weighted by Gasteiger charge is 2.10. The molecule has 3 rings (SSSR count). The molecule has 0 saturated carbocycles. The molecule has 2 aromatic carbocycles. The third-order valence-corrected chi connectivity index (χ3v) is 4.26. The van der Waals surface area contributed by atoms with Crippen LogP contribution in [0.25, 0.3) is 0 Å². The fraction of sp³-hybridized carbons (Fsp3) is 0.182. The first kappa shape index (κ1) is 19.2. The summed E-state index contributed by atoms with van der Waals surface area (Å²) in [6.07, 6.45) is 1.45. The molecule has 0 aliphatic rings. The minimum absolute atomic E-state index is 0.113. The second-order valence-electron chi connectivity index (χ2n) is 6.69. The Morgan fingerprint density at radius 3 is 2.29 bits per heavy atom. The van der Waals surface area contributed by atoms with E-state index < -0.39 is 0 Å². The highest BCUT2D eigenvalue weighted by molar-refractivity contribution is 6.02. The zero-order chi connectivity index (χ0) is 20.1. The normalized spacial score (nSPS) is 10.4. The van der Waals surface area contributed by atoms with E-state index in [9.17, 15) is 9.59 Å². The molecule has 0 saturated heterocycles. The van der Waals surface area contributed by atoms with E-state index in [1.165, 1.54) is 11.8 Å². The van der Waals surface area contributed by atoms with Crippen molar-refractivity contribution in [2.45, 2.75) is 20.8 Å². The molecule has 3 N–H and O–H groups in total. The van der Waals surface area contributed by atoms with Crippen LogP contribution in [0.2, 0.25) is 0 Å². The molecule has 1 aromatic heterocycles. The summed E-state index contributed by atoms with van der Waals surface area (Å²) in [5.74, 6) is -0.230. The molecule has 0 aliphatic heterocycles. The second-order valence-corrected chi connectivity index (χ2v) is 6.69. The van der Waals surface area contributed by atoms with Crippen molar-refractivity contribution < 1.29 is 14.0 Å². The lowest BCUT2D eigenvalue weighted by Crippen LogP contribution is -2.22.